The molecule has 0 aromatic heterocycles. The third kappa shape index (κ3) is 2.13. The lowest BCUT2D eigenvalue weighted by Crippen LogP contribution is -2.32. The van der Waals surface area contributed by atoms with Gasteiger partial charge >= 0.3 is 0 Å². The number of rotatable bonds is 1. The topological polar surface area (TPSA) is 88.0 Å². The Morgan fingerprint density at radius 2 is 1.95 bits per heavy atom. The van der Waals surface area contributed by atoms with Crippen molar-refractivity contribution in [3.8, 4) is 17.9 Å². The van der Waals surface area contributed by atoms with Gasteiger partial charge in [0, 0.05) is 5.56 Å². The van der Waals surface area contributed by atoms with Gasteiger partial charge in [0.1, 0.15) is 17.4 Å². The number of halogens is 2. The van der Waals surface area contributed by atoms with E-state index in [0.29, 0.717) is 6.08 Å². The molecular weight excluding hydrogens is 266 g/mol. The lowest BCUT2D eigenvalue weighted by molar-refractivity contribution is -0.0861. The van der Waals surface area contributed by atoms with Crippen LogP contribution in [0.25, 0.3) is 5.57 Å². The van der Waals surface area contributed by atoms with Gasteiger partial charge in [-0.1, -0.05) is 6.08 Å². The van der Waals surface area contributed by atoms with Gasteiger partial charge < -0.3 is 10.2 Å². The van der Waals surface area contributed by atoms with Crippen molar-refractivity contribution in [2.45, 2.75) is 12.0 Å². The van der Waals surface area contributed by atoms with Crippen molar-refractivity contribution in [2.75, 3.05) is 0 Å². The fourth-order valence-corrected chi connectivity index (χ4v) is 1.89. The molecule has 20 heavy (non-hydrogen) atoms. The van der Waals surface area contributed by atoms with E-state index in [1.807, 2.05) is 6.07 Å². The van der Waals surface area contributed by atoms with Gasteiger partial charge in [0.15, 0.2) is 6.17 Å². The maximum atomic E-state index is 13.5. The van der Waals surface area contributed by atoms with Gasteiger partial charge in [-0.3, -0.25) is 0 Å². The van der Waals surface area contributed by atoms with Crippen molar-refractivity contribution >= 4 is 5.57 Å². The van der Waals surface area contributed by atoms with Crippen LogP contribution >= 0.6 is 0 Å². The van der Waals surface area contributed by atoms with Crippen LogP contribution in [0.1, 0.15) is 16.7 Å². The molecule has 6 heteroatoms. The first-order valence-electron chi connectivity index (χ1n) is 5.53. The Hall–Kier alpha value is -2.70. The van der Waals surface area contributed by atoms with E-state index >= 15 is 0 Å². The highest BCUT2D eigenvalue weighted by atomic mass is 19.2. The lowest BCUT2D eigenvalue weighted by Gasteiger charge is -2.22. The summed E-state index contributed by atoms with van der Waals surface area (Å²) < 4.78 is 26.8. The van der Waals surface area contributed by atoms with Gasteiger partial charge in [-0.25, -0.2) is 8.78 Å². The predicted octanol–water partition coefficient (Wildman–Crippen LogP) is 2.08. The third-order valence-corrected chi connectivity index (χ3v) is 2.91. The fourth-order valence-electron chi connectivity index (χ4n) is 1.89. The zero-order chi connectivity index (χ0) is 14.9. The first-order chi connectivity index (χ1) is 9.40. The molecular formula is C14H8F2N2O2. The van der Waals surface area contributed by atoms with Gasteiger partial charge in [-0.05, 0) is 29.9 Å². The molecule has 100 valence electrons. The molecule has 1 aliphatic carbocycles. The zero-order valence-corrected chi connectivity index (χ0v) is 10.0. The molecule has 0 amide bonds. The van der Waals surface area contributed by atoms with Crippen LogP contribution in [0.2, 0.25) is 0 Å². The molecule has 0 bridgehead atoms. The Morgan fingerprint density at radius 3 is 2.50 bits per heavy atom. The molecule has 1 aromatic rings. The van der Waals surface area contributed by atoms with Gasteiger partial charge in [-0.15, -0.1) is 0 Å². The summed E-state index contributed by atoms with van der Waals surface area (Å²) in [5, 5.41) is 36.7. The molecule has 0 saturated carbocycles. The summed E-state index contributed by atoms with van der Waals surface area (Å²) in [6.07, 6.45) is 0.0884. The third-order valence-electron chi connectivity index (χ3n) is 2.91. The van der Waals surface area contributed by atoms with Crippen LogP contribution in [0.4, 0.5) is 8.78 Å². The number of aliphatic hydroxyl groups is 1. The average molecular weight is 274 g/mol. The van der Waals surface area contributed by atoms with E-state index in [1.54, 1.807) is 6.07 Å². The average Bonchev–Trinajstić information content (AvgIpc) is 2.41. The summed E-state index contributed by atoms with van der Waals surface area (Å²) in [7, 11) is 0. The molecule has 2 N–H and O–H groups in total. The number of alkyl halides is 2. The van der Waals surface area contributed by atoms with Crippen molar-refractivity contribution in [3.63, 3.8) is 0 Å². The van der Waals surface area contributed by atoms with Crippen molar-refractivity contribution in [1.82, 2.24) is 0 Å². The molecule has 1 aromatic carbocycles. The second-order valence-corrected chi connectivity index (χ2v) is 4.19. The Morgan fingerprint density at radius 1 is 1.25 bits per heavy atom. The van der Waals surface area contributed by atoms with Crippen LogP contribution < -0.4 is 0 Å². The van der Waals surface area contributed by atoms with E-state index < -0.39 is 12.0 Å². The van der Waals surface area contributed by atoms with Crippen molar-refractivity contribution in [3.05, 3.63) is 47.1 Å². The Labute approximate surface area is 113 Å². The van der Waals surface area contributed by atoms with E-state index in [4.69, 9.17) is 15.6 Å². The normalized spacial score (nSPS) is 24.6. The van der Waals surface area contributed by atoms with Crippen LogP contribution in [0.15, 0.2) is 30.4 Å². The second kappa shape index (κ2) is 4.76. The summed E-state index contributed by atoms with van der Waals surface area (Å²) in [4.78, 5) is 0. The standard InChI is InChI=1S/C14H8F2N2O2/c15-12-5-8(3-4-14(12,16)20)13-9(6-17)1-2-11(19)10(13)7-18/h1-5,12,19-20H. The van der Waals surface area contributed by atoms with Crippen molar-refractivity contribution < 1.29 is 19.0 Å². The number of aromatic hydroxyl groups is 1. The van der Waals surface area contributed by atoms with E-state index in [1.165, 1.54) is 12.1 Å². The molecule has 1 aliphatic rings. The molecule has 0 aliphatic heterocycles. The van der Waals surface area contributed by atoms with Crippen LogP contribution in [0.3, 0.4) is 0 Å². The fraction of sp³-hybridized carbons (Fsp3) is 0.143. The maximum absolute atomic E-state index is 13.5. The largest absolute Gasteiger partial charge is 0.507 e. The summed E-state index contributed by atoms with van der Waals surface area (Å²) in [6, 6.07) is 5.97. The monoisotopic (exact) mass is 274 g/mol. The van der Waals surface area contributed by atoms with Crippen LogP contribution in [-0.4, -0.2) is 22.2 Å². The number of hydrogen-bond acceptors (Lipinski definition) is 4. The quantitative estimate of drug-likeness (QED) is 0.820. The van der Waals surface area contributed by atoms with Crippen LogP contribution in [-0.2, 0) is 0 Å². The van der Waals surface area contributed by atoms with Gasteiger partial charge in [-0.2, -0.15) is 10.5 Å². The molecule has 0 spiro atoms. The SMILES string of the molecule is N#Cc1ccc(O)c(C#N)c1C1=CC(F)C(O)(F)C=C1. The molecule has 2 rings (SSSR count). The molecule has 0 radical (unpaired) electrons. The summed E-state index contributed by atoms with van der Waals surface area (Å²) in [5.74, 6) is -3.49. The van der Waals surface area contributed by atoms with Crippen LogP contribution in [0.5, 0.6) is 5.75 Å². The smallest absolute Gasteiger partial charge is 0.261 e. The van der Waals surface area contributed by atoms with Crippen LogP contribution in [0, 0.1) is 22.7 Å². The number of phenols is 1. The van der Waals surface area contributed by atoms with Gasteiger partial charge in [0.05, 0.1) is 11.6 Å². The number of hydrogen-bond donors (Lipinski definition) is 2. The zero-order valence-electron chi connectivity index (χ0n) is 10.0. The molecule has 0 fully saturated rings. The predicted molar refractivity (Wildman–Crippen MR) is 65.6 cm³/mol. The lowest BCUT2D eigenvalue weighted by atomic mass is 9.89. The molecule has 4 nitrogen and oxygen atoms in total. The van der Waals surface area contributed by atoms with Crippen molar-refractivity contribution in [2.24, 2.45) is 0 Å². The minimum absolute atomic E-state index is 0.00407. The highest BCUT2D eigenvalue weighted by Gasteiger charge is 2.36. The Bertz CT molecular complexity index is 709. The highest BCUT2D eigenvalue weighted by molar-refractivity contribution is 5.84. The number of nitrogens with zero attached hydrogens (tertiary/aromatic N) is 2. The molecule has 0 saturated heterocycles. The Balaban J connectivity index is 2.67. The first-order valence-corrected chi connectivity index (χ1v) is 5.53. The number of nitriles is 2. The van der Waals surface area contributed by atoms with Gasteiger partial charge in [0.25, 0.3) is 5.85 Å². The number of benzene rings is 1. The first kappa shape index (κ1) is 13.7. The number of phenolic OH excluding ortho intramolecular Hbond substituents is 1. The minimum Gasteiger partial charge on any atom is -0.507 e. The maximum Gasteiger partial charge on any atom is 0.261 e. The van der Waals surface area contributed by atoms with E-state index in [-0.39, 0.29) is 28.0 Å². The second-order valence-electron chi connectivity index (χ2n) is 4.19. The summed E-state index contributed by atoms with van der Waals surface area (Å²) in [6.45, 7) is 0. The summed E-state index contributed by atoms with van der Waals surface area (Å²) in [5.41, 5.74) is -0.128. The highest BCUT2D eigenvalue weighted by Crippen LogP contribution is 2.35. The Kier molecular flexibility index (Phi) is 3.27. The van der Waals surface area contributed by atoms with E-state index in [2.05, 4.69) is 0 Å². The van der Waals surface area contributed by atoms with Gasteiger partial charge in [0.2, 0.25) is 0 Å². The molecule has 0 heterocycles. The van der Waals surface area contributed by atoms with E-state index in [9.17, 15) is 13.9 Å². The van der Waals surface area contributed by atoms with Crippen molar-refractivity contribution in [1.29, 1.82) is 10.5 Å². The minimum atomic E-state index is -3.13. The summed E-state index contributed by atoms with van der Waals surface area (Å²) >= 11 is 0. The number of allylic oxidation sites excluding steroid dienone is 2. The molecule has 2 unspecified atom stereocenters. The van der Waals surface area contributed by atoms with E-state index in [0.717, 1.165) is 12.2 Å². The molecule has 2 atom stereocenters.